The minimum atomic E-state index is -0.485. The third kappa shape index (κ3) is 6.34. The standard InChI is InChI=1S/C31H34N4O4/c1-31(2,3)38-25-18-26(29-33-27(34-39-29)11-7-10-20-8-5-4-6-9-20)35(19-25)30(37)24-15-13-21-16-23(28(32)36)14-12-22(21)17-24/h4-6,8-9,12-17,25-26H,7,10-11,18-19H2,1-3H3,(H2,32,36)/t25-,26+/m1/s1. The molecule has 2 atom stereocenters. The maximum atomic E-state index is 13.8. The second-order valence-corrected chi connectivity index (χ2v) is 11.1. The fourth-order valence-corrected chi connectivity index (χ4v) is 5.14. The van der Waals surface area contributed by atoms with Crippen molar-refractivity contribution in [2.75, 3.05) is 6.54 Å². The first-order valence-corrected chi connectivity index (χ1v) is 13.3. The van der Waals surface area contributed by atoms with Crippen LogP contribution < -0.4 is 5.73 Å². The van der Waals surface area contributed by atoms with Gasteiger partial charge in [0.15, 0.2) is 5.82 Å². The molecule has 0 aliphatic carbocycles. The van der Waals surface area contributed by atoms with Crippen molar-refractivity contribution in [3.05, 3.63) is 95.1 Å². The Hall–Kier alpha value is -4.04. The summed E-state index contributed by atoms with van der Waals surface area (Å²) in [7, 11) is 0. The molecule has 2 heterocycles. The number of carbonyl (C=O) groups is 2. The molecular formula is C31H34N4O4. The van der Waals surface area contributed by atoms with Gasteiger partial charge in [-0.15, -0.1) is 0 Å². The van der Waals surface area contributed by atoms with Gasteiger partial charge in [0.2, 0.25) is 11.8 Å². The van der Waals surface area contributed by atoms with Gasteiger partial charge in [-0.2, -0.15) is 4.98 Å². The zero-order chi connectivity index (χ0) is 27.6. The van der Waals surface area contributed by atoms with E-state index < -0.39 is 5.91 Å². The SMILES string of the molecule is CC(C)(C)O[C@@H]1C[C@@H](c2nc(CCCc3ccccc3)no2)N(C(=O)c2ccc3cc(C(N)=O)ccc3c2)C1. The molecule has 5 rings (SSSR count). The van der Waals surface area contributed by atoms with Crippen LogP contribution >= 0.6 is 0 Å². The molecule has 4 aromatic rings. The average Bonchev–Trinajstić information content (AvgIpc) is 3.54. The molecule has 2 amide bonds. The Morgan fingerprint density at radius 2 is 1.69 bits per heavy atom. The number of amides is 2. The monoisotopic (exact) mass is 526 g/mol. The molecule has 202 valence electrons. The highest BCUT2D eigenvalue weighted by atomic mass is 16.5. The van der Waals surface area contributed by atoms with Crippen LogP contribution in [-0.2, 0) is 17.6 Å². The summed E-state index contributed by atoms with van der Waals surface area (Å²) in [5.74, 6) is 0.458. The number of nitrogens with zero attached hydrogens (tertiary/aromatic N) is 3. The van der Waals surface area contributed by atoms with Gasteiger partial charge >= 0.3 is 0 Å². The molecule has 0 radical (unpaired) electrons. The largest absolute Gasteiger partial charge is 0.371 e. The number of hydrogen-bond donors (Lipinski definition) is 1. The Balaban J connectivity index is 1.35. The fraction of sp³-hybridized carbons (Fsp3) is 0.355. The fourth-order valence-electron chi connectivity index (χ4n) is 5.14. The first-order valence-electron chi connectivity index (χ1n) is 13.3. The Morgan fingerprint density at radius 3 is 2.38 bits per heavy atom. The van der Waals surface area contributed by atoms with Gasteiger partial charge in [0.05, 0.1) is 11.7 Å². The van der Waals surface area contributed by atoms with Crippen LogP contribution in [0.3, 0.4) is 0 Å². The van der Waals surface area contributed by atoms with E-state index in [9.17, 15) is 9.59 Å². The molecule has 2 N–H and O–H groups in total. The Labute approximate surface area is 228 Å². The van der Waals surface area contributed by atoms with E-state index in [1.54, 1.807) is 29.2 Å². The van der Waals surface area contributed by atoms with Crippen molar-refractivity contribution in [3.8, 4) is 0 Å². The number of hydrogen-bond acceptors (Lipinski definition) is 6. The van der Waals surface area contributed by atoms with Gasteiger partial charge < -0.3 is 19.9 Å². The van der Waals surface area contributed by atoms with Gasteiger partial charge in [-0.05, 0) is 74.2 Å². The maximum absolute atomic E-state index is 13.8. The second-order valence-electron chi connectivity index (χ2n) is 11.1. The molecule has 1 aliphatic rings. The van der Waals surface area contributed by atoms with Gasteiger partial charge in [0.25, 0.3) is 5.91 Å². The number of aromatic nitrogens is 2. The zero-order valence-corrected chi connectivity index (χ0v) is 22.6. The first-order chi connectivity index (χ1) is 18.7. The molecule has 0 bridgehead atoms. The minimum absolute atomic E-state index is 0.135. The summed E-state index contributed by atoms with van der Waals surface area (Å²) < 4.78 is 12.0. The predicted molar refractivity (Wildman–Crippen MR) is 148 cm³/mol. The third-order valence-corrected chi connectivity index (χ3v) is 6.89. The van der Waals surface area contributed by atoms with Gasteiger partial charge in [0.1, 0.15) is 6.04 Å². The lowest BCUT2D eigenvalue weighted by Crippen LogP contribution is -2.34. The van der Waals surface area contributed by atoms with E-state index in [4.69, 9.17) is 15.0 Å². The maximum Gasteiger partial charge on any atom is 0.254 e. The van der Waals surface area contributed by atoms with Gasteiger partial charge in [-0.25, -0.2) is 0 Å². The molecule has 0 unspecified atom stereocenters. The molecule has 0 spiro atoms. The smallest absolute Gasteiger partial charge is 0.254 e. The Kier molecular flexibility index (Phi) is 7.48. The van der Waals surface area contributed by atoms with Crippen molar-refractivity contribution >= 4 is 22.6 Å². The summed E-state index contributed by atoms with van der Waals surface area (Å²) in [6.45, 7) is 6.44. The summed E-state index contributed by atoms with van der Waals surface area (Å²) in [5, 5.41) is 5.91. The highest BCUT2D eigenvalue weighted by molar-refractivity contribution is 6.01. The van der Waals surface area contributed by atoms with E-state index >= 15 is 0 Å². The normalized spacial score (nSPS) is 17.6. The van der Waals surface area contributed by atoms with E-state index in [2.05, 4.69) is 22.3 Å². The van der Waals surface area contributed by atoms with E-state index in [-0.39, 0.29) is 23.7 Å². The van der Waals surface area contributed by atoms with Crippen molar-refractivity contribution in [2.24, 2.45) is 5.73 Å². The van der Waals surface area contributed by atoms with Crippen LogP contribution in [-0.4, -0.2) is 45.1 Å². The highest BCUT2D eigenvalue weighted by Crippen LogP contribution is 2.36. The topological polar surface area (TPSA) is 112 Å². The van der Waals surface area contributed by atoms with Crippen LogP contribution in [0, 0.1) is 0 Å². The predicted octanol–water partition coefficient (Wildman–Crippen LogP) is 5.27. The van der Waals surface area contributed by atoms with Crippen LogP contribution in [0.4, 0.5) is 0 Å². The Bertz CT molecular complexity index is 1470. The number of aryl methyl sites for hydroxylation is 2. The van der Waals surface area contributed by atoms with Crippen molar-refractivity contribution < 1.29 is 18.8 Å². The molecule has 1 aromatic heterocycles. The molecule has 1 aliphatic heterocycles. The zero-order valence-electron chi connectivity index (χ0n) is 22.6. The highest BCUT2D eigenvalue weighted by Gasteiger charge is 2.41. The van der Waals surface area contributed by atoms with Crippen molar-refractivity contribution in [2.45, 2.75) is 64.2 Å². The molecule has 3 aromatic carbocycles. The average molecular weight is 527 g/mol. The van der Waals surface area contributed by atoms with Crippen LogP contribution in [0.2, 0.25) is 0 Å². The number of primary amides is 1. The summed E-state index contributed by atoms with van der Waals surface area (Å²) >= 11 is 0. The summed E-state index contributed by atoms with van der Waals surface area (Å²) in [4.78, 5) is 31.8. The quantitative estimate of drug-likeness (QED) is 0.335. The van der Waals surface area contributed by atoms with Crippen LogP contribution in [0.15, 0.2) is 71.3 Å². The van der Waals surface area contributed by atoms with E-state index in [0.717, 1.165) is 23.6 Å². The van der Waals surface area contributed by atoms with E-state index in [0.29, 0.717) is 42.2 Å². The number of likely N-dealkylation sites (tertiary alicyclic amines) is 1. The minimum Gasteiger partial charge on any atom is -0.371 e. The lowest BCUT2D eigenvalue weighted by atomic mass is 10.0. The second kappa shape index (κ2) is 11.0. The summed E-state index contributed by atoms with van der Waals surface area (Å²) in [6.07, 6.45) is 2.94. The number of rotatable bonds is 8. The van der Waals surface area contributed by atoms with Crippen LogP contribution in [0.5, 0.6) is 0 Å². The lowest BCUT2D eigenvalue weighted by Gasteiger charge is -2.25. The summed E-state index contributed by atoms with van der Waals surface area (Å²) in [5.41, 5.74) is 7.31. The molecule has 0 saturated carbocycles. The van der Waals surface area contributed by atoms with Crippen LogP contribution in [0.1, 0.15) is 77.6 Å². The third-order valence-electron chi connectivity index (χ3n) is 6.89. The molecule has 39 heavy (non-hydrogen) atoms. The Morgan fingerprint density at radius 1 is 1.00 bits per heavy atom. The number of benzene rings is 3. The van der Waals surface area contributed by atoms with Crippen molar-refractivity contribution in [1.82, 2.24) is 15.0 Å². The van der Waals surface area contributed by atoms with Crippen molar-refractivity contribution in [3.63, 3.8) is 0 Å². The van der Waals surface area contributed by atoms with Gasteiger partial charge in [-0.3, -0.25) is 9.59 Å². The van der Waals surface area contributed by atoms with Gasteiger partial charge in [0, 0.05) is 30.5 Å². The van der Waals surface area contributed by atoms with E-state index in [1.807, 2.05) is 51.1 Å². The molecule has 8 heteroatoms. The number of nitrogens with two attached hydrogens (primary N) is 1. The van der Waals surface area contributed by atoms with Gasteiger partial charge in [-0.1, -0.05) is 47.6 Å². The number of carbonyl (C=O) groups excluding carboxylic acids is 2. The lowest BCUT2D eigenvalue weighted by molar-refractivity contribution is -0.0535. The molecule has 8 nitrogen and oxygen atoms in total. The molecule has 1 saturated heterocycles. The molecule has 1 fully saturated rings. The summed E-state index contributed by atoms with van der Waals surface area (Å²) in [6, 6.07) is 20.6. The van der Waals surface area contributed by atoms with Crippen molar-refractivity contribution in [1.29, 1.82) is 0 Å². The number of ether oxygens (including phenoxy) is 1. The first kappa shape index (κ1) is 26.6. The van der Waals surface area contributed by atoms with E-state index in [1.165, 1.54) is 5.56 Å². The molecular weight excluding hydrogens is 492 g/mol. The van der Waals surface area contributed by atoms with Crippen LogP contribution in [0.25, 0.3) is 10.8 Å². The number of fused-ring (bicyclic) bond motifs is 1.